The monoisotopic (exact) mass is 443 g/mol. The minimum Gasteiger partial charge on any atom is -0.455 e. The average Bonchev–Trinajstić information content (AvgIpc) is 3.10. The third-order valence-electron chi connectivity index (χ3n) is 3.92. The molecule has 0 spiro atoms. The molecule has 29 heavy (non-hydrogen) atoms. The number of rotatable bonds is 6. The second-order valence-electron chi connectivity index (χ2n) is 6.02. The first-order valence-electron chi connectivity index (χ1n) is 8.14. The number of benzene rings is 2. The molecule has 1 heterocycles. The Morgan fingerprint density at radius 3 is 2.45 bits per heavy atom. The first-order valence-corrected chi connectivity index (χ1v) is 10.2. The van der Waals surface area contributed by atoms with E-state index < -0.39 is 38.9 Å². The van der Waals surface area contributed by atoms with E-state index in [1.807, 2.05) is 0 Å². The molecule has 3 rings (SSSR count). The van der Waals surface area contributed by atoms with Gasteiger partial charge in [0.1, 0.15) is 29.0 Å². The van der Waals surface area contributed by atoms with Crippen molar-refractivity contribution >= 4 is 27.3 Å². The fourth-order valence-corrected chi connectivity index (χ4v) is 3.96. The normalized spacial score (nSPS) is 11.4. The molecular weight excluding hydrogens is 431 g/mol. The van der Waals surface area contributed by atoms with E-state index >= 15 is 0 Å². The minimum atomic E-state index is -3.89. The van der Waals surface area contributed by atoms with Gasteiger partial charge in [-0.1, -0.05) is 17.7 Å². The molecule has 0 radical (unpaired) electrons. The molecule has 1 aromatic heterocycles. The zero-order chi connectivity index (χ0) is 21.2. The van der Waals surface area contributed by atoms with Gasteiger partial charge >= 0.3 is 0 Å². The maximum atomic E-state index is 13.6. The molecule has 0 saturated carbocycles. The number of carbonyl (C=O) groups is 1. The quantitative estimate of drug-likeness (QED) is 0.578. The first-order chi connectivity index (χ1) is 13.7. The van der Waals surface area contributed by atoms with Crippen LogP contribution in [0, 0.1) is 17.5 Å². The topological polar surface area (TPSA) is 76.4 Å². The summed E-state index contributed by atoms with van der Waals surface area (Å²) in [6.07, 6.45) is 0. The van der Waals surface area contributed by atoms with E-state index in [1.165, 1.54) is 18.2 Å². The number of hydrogen-bond acceptors (Lipinski definition) is 4. The minimum absolute atomic E-state index is 0.0245. The molecule has 0 atom stereocenters. The van der Waals surface area contributed by atoms with Crippen LogP contribution in [0.2, 0.25) is 5.02 Å². The first kappa shape index (κ1) is 20.9. The van der Waals surface area contributed by atoms with E-state index in [0.29, 0.717) is 6.07 Å². The summed E-state index contributed by atoms with van der Waals surface area (Å²) in [4.78, 5) is 11.9. The average molecular weight is 444 g/mol. The Hall–Kier alpha value is -2.78. The van der Waals surface area contributed by atoms with Crippen molar-refractivity contribution in [3.05, 3.63) is 88.1 Å². The van der Waals surface area contributed by atoms with Crippen molar-refractivity contribution in [1.82, 2.24) is 5.32 Å². The molecule has 0 aliphatic carbocycles. The molecule has 3 aromatic rings. The fourth-order valence-electron chi connectivity index (χ4n) is 2.45. The second-order valence-corrected chi connectivity index (χ2v) is 8.42. The van der Waals surface area contributed by atoms with Crippen molar-refractivity contribution in [2.45, 2.75) is 17.2 Å². The molecule has 152 valence electrons. The SMILES string of the molecule is O=C(NCc1ccc(F)cc1F)c1ccc(CS(=O)(=O)c2ccc(F)c(Cl)c2)o1. The second kappa shape index (κ2) is 8.30. The van der Waals surface area contributed by atoms with Crippen molar-refractivity contribution in [1.29, 1.82) is 0 Å². The summed E-state index contributed by atoms with van der Waals surface area (Å²) in [5, 5.41) is 2.06. The third kappa shape index (κ3) is 4.99. The molecule has 0 saturated heterocycles. The van der Waals surface area contributed by atoms with Gasteiger partial charge in [0.2, 0.25) is 0 Å². The summed E-state index contributed by atoms with van der Waals surface area (Å²) < 4.78 is 69.8. The van der Waals surface area contributed by atoms with Crippen molar-refractivity contribution in [2.24, 2.45) is 0 Å². The highest BCUT2D eigenvalue weighted by atomic mass is 35.5. The van der Waals surface area contributed by atoms with Crippen LogP contribution in [0.4, 0.5) is 13.2 Å². The predicted molar refractivity (Wildman–Crippen MR) is 98.5 cm³/mol. The van der Waals surface area contributed by atoms with Gasteiger partial charge in [-0.25, -0.2) is 21.6 Å². The Labute approximate surface area is 169 Å². The lowest BCUT2D eigenvalue weighted by Gasteiger charge is -2.05. The van der Waals surface area contributed by atoms with Crippen LogP contribution in [0.25, 0.3) is 0 Å². The standard InChI is InChI=1S/C19H13ClF3NO4S/c20-15-8-14(4-5-16(15)22)29(26,27)10-13-3-6-18(28-13)19(25)24-9-11-1-2-12(21)7-17(11)23/h1-8H,9-10H2,(H,24,25). The van der Waals surface area contributed by atoms with Crippen molar-refractivity contribution in [3.63, 3.8) is 0 Å². The van der Waals surface area contributed by atoms with E-state index in [9.17, 15) is 26.4 Å². The zero-order valence-corrected chi connectivity index (χ0v) is 16.2. The van der Waals surface area contributed by atoms with Gasteiger partial charge in [-0.3, -0.25) is 4.79 Å². The fraction of sp³-hybridized carbons (Fsp3) is 0.105. The van der Waals surface area contributed by atoms with Crippen molar-refractivity contribution in [3.8, 4) is 0 Å². The maximum absolute atomic E-state index is 13.6. The van der Waals surface area contributed by atoms with Gasteiger partial charge in [-0.05, 0) is 36.4 Å². The molecule has 0 aliphatic heterocycles. The Morgan fingerprint density at radius 1 is 1.00 bits per heavy atom. The van der Waals surface area contributed by atoms with Gasteiger partial charge in [0.25, 0.3) is 5.91 Å². The van der Waals surface area contributed by atoms with E-state index in [1.54, 1.807) is 0 Å². The largest absolute Gasteiger partial charge is 0.455 e. The highest BCUT2D eigenvalue weighted by Crippen LogP contribution is 2.23. The smallest absolute Gasteiger partial charge is 0.287 e. The van der Waals surface area contributed by atoms with E-state index in [-0.39, 0.29) is 33.5 Å². The van der Waals surface area contributed by atoms with Crippen LogP contribution in [-0.2, 0) is 22.1 Å². The van der Waals surface area contributed by atoms with Gasteiger partial charge in [-0.15, -0.1) is 0 Å². The summed E-state index contributed by atoms with van der Waals surface area (Å²) in [6.45, 7) is -0.215. The number of carbonyl (C=O) groups excluding carboxylic acids is 1. The Balaban J connectivity index is 1.68. The summed E-state index contributed by atoms with van der Waals surface area (Å²) in [6, 6.07) is 8.50. The number of nitrogens with one attached hydrogen (secondary N) is 1. The molecular formula is C19H13ClF3NO4S. The van der Waals surface area contributed by atoms with Gasteiger partial charge in [0, 0.05) is 18.2 Å². The molecule has 1 amide bonds. The highest BCUT2D eigenvalue weighted by molar-refractivity contribution is 7.90. The molecule has 5 nitrogen and oxygen atoms in total. The molecule has 1 N–H and O–H groups in total. The van der Waals surface area contributed by atoms with Gasteiger partial charge in [0.05, 0.1) is 9.92 Å². The van der Waals surface area contributed by atoms with Gasteiger partial charge < -0.3 is 9.73 Å². The zero-order valence-electron chi connectivity index (χ0n) is 14.6. The van der Waals surface area contributed by atoms with Crippen LogP contribution in [0.3, 0.4) is 0 Å². The van der Waals surface area contributed by atoms with Gasteiger partial charge in [0.15, 0.2) is 15.6 Å². The Kier molecular flexibility index (Phi) is 5.99. The molecule has 0 fully saturated rings. The molecule has 0 bridgehead atoms. The van der Waals surface area contributed by atoms with Crippen molar-refractivity contribution in [2.75, 3.05) is 0 Å². The predicted octanol–water partition coefficient (Wildman–Crippen LogP) is 4.25. The van der Waals surface area contributed by atoms with Crippen LogP contribution in [0.15, 0.2) is 57.8 Å². The molecule has 0 unspecified atom stereocenters. The summed E-state index contributed by atoms with van der Waals surface area (Å²) >= 11 is 5.61. The van der Waals surface area contributed by atoms with Gasteiger partial charge in [-0.2, -0.15) is 0 Å². The Bertz CT molecular complexity index is 1180. The Morgan fingerprint density at radius 2 is 1.76 bits per heavy atom. The number of amides is 1. The highest BCUT2D eigenvalue weighted by Gasteiger charge is 2.20. The third-order valence-corrected chi connectivity index (χ3v) is 5.85. The van der Waals surface area contributed by atoms with E-state index in [2.05, 4.69) is 5.32 Å². The lowest BCUT2D eigenvalue weighted by molar-refractivity contribution is 0.0921. The van der Waals surface area contributed by atoms with Crippen LogP contribution in [-0.4, -0.2) is 14.3 Å². The number of halogens is 4. The lowest BCUT2D eigenvalue weighted by Crippen LogP contribution is -2.22. The lowest BCUT2D eigenvalue weighted by atomic mass is 10.2. The number of hydrogen-bond donors (Lipinski definition) is 1. The summed E-state index contributed by atoms with van der Waals surface area (Å²) in [5.41, 5.74) is 0.0716. The van der Waals surface area contributed by atoms with E-state index in [0.717, 1.165) is 24.3 Å². The van der Waals surface area contributed by atoms with Crippen LogP contribution < -0.4 is 5.32 Å². The van der Waals surface area contributed by atoms with Crippen LogP contribution in [0.5, 0.6) is 0 Å². The number of sulfone groups is 1. The summed E-state index contributed by atoms with van der Waals surface area (Å²) in [5.74, 6) is -3.79. The number of furan rings is 1. The van der Waals surface area contributed by atoms with E-state index in [4.69, 9.17) is 16.0 Å². The molecule has 2 aromatic carbocycles. The van der Waals surface area contributed by atoms with Crippen molar-refractivity contribution < 1.29 is 30.8 Å². The summed E-state index contributed by atoms with van der Waals surface area (Å²) in [7, 11) is -3.89. The molecule has 0 aliphatic rings. The maximum Gasteiger partial charge on any atom is 0.287 e. The molecule has 10 heteroatoms. The van der Waals surface area contributed by atoms with Crippen LogP contribution in [0.1, 0.15) is 21.9 Å². The van der Waals surface area contributed by atoms with Crippen LogP contribution >= 0.6 is 11.6 Å².